The van der Waals surface area contributed by atoms with Crippen LogP contribution in [0.15, 0.2) is 54.8 Å². The zero-order chi connectivity index (χ0) is 16.7. The lowest BCUT2D eigenvalue weighted by molar-refractivity contribution is -0.141. The molecule has 2 rings (SSSR count). The average molecular weight is 332 g/mol. The molecule has 23 heavy (non-hydrogen) atoms. The van der Waals surface area contributed by atoms with Crippen molar-refractivity contribution >= 4 is 24.5 Å². The molecule has 1 unspecified atom stereocenters. The number of allylic oxidation sites excluding steroid dienone is 2. The number of carboxylic acid groups (broad SMARTS) is 1. The van der Waals surface area contributed by atoms with Crippen molar-refractivity contribution in [2.24, 2.45) is 0 Å². The highest BCUT2D eigenvalue weighted by atomic mass is 32.1. The van der Waals surface area contributed by atoms with E-state index in [2.05, 4.69) is 17.9 Å². The van der Waals surface area contributed by atoms with Gasteiger partial charge in [0, 0.05) is 6.20 Å². The van der Waals surface area contributed by atoms with E-state index in [0.29, 0.717) is 12.2 Å². The number of carbonyl (C=O) groups is 2. The summed E-state index contributed by atoms with van der Waals surface area (Å²) in [7, 11) is 0. The molecule has 0 aromatic heterocycles. The maximum atomic E-state index is 12.5. The van der Waals surface area contributed by atoms with Crippen molar-refractivity contribution in [1.29, 1.82) is 0 Å². The van der Waals surface area contributed by atoms with Crippen molar-refractivity contribution in [3.05, 3.63) is 60.3 Å². The number of hydrogen-bond acceptors (Lipinski definition) is 4. The van der Waals surface area contributed by atoms with Gasteiger partial charge in [0.15, 0.2) is 0 Å². The van der Waals surface area contributed by atoms with Crippen LogP contribution in [0.2, 0.25) is 0 Å². The van der Waals surface area contributed by atoms with Gasteiger partial charge in [0.25, 0.3) is 0 Å². The topological polar surface area (TPSA) is 69.6 Å². The van der Waals surface area contributed by atoms with E-state index in [9.17, 15) is 14.7 Å². The van der Waals surface area contributed by atoms with Gasteiger partial charge in [0.05, 0.1) is 6.42 Å². The Hall–Kier alpha value is -2.05. The third kappa shape index (κ3) is 4.97. The molecule has 1 amide bonds. The number of rotatable bonds is 7. The molecule has 0 saturated carbocycles. The molecular weight excluding hydrogens is 312 g/mol. The number of nitrogens with one attached hydrogen (secondary N) is 1. The number of nitrogens with zero attached hydrogens (tertiary/aromatic N) is 1. The molecule has 1 heterocycles. The van der Waals surface area contributed by atoms with Gasteiger partial charge >= 0.3 is 5.97 Å². The molecule has 0 bridgehead atoms. The molecule has 0 saturated heterocycles. The van der Waals surface area contributed by atoms with Crippen molar-refractivity contribution < 1.29 is 14.7 Å². The van der Waals surface area contributed by atoms with E-state index in [4.69, 9.17) is 0 Å². The van der Waals surface area contributed by atoms with Gasteiger partial charge in [0.1, 0.15) is 12.2 Å². The molecule has 5 nitrogen and oxygen atoms in total. The lowest BCUT2D eigenvalue weighted by Crippen LogP contribution is -2.52. The smallest absolute Gasteiger partial charge is 0.320 e. The predicted octanol–water partition coefficient (Wildman–Crippen LogP) is 1.83. The first kappa shape index (κ1) is 17.3. The van der Waals surface area contributed by atoms with Gasteiger partial charge in [-0.1, -0.05) is 36.4 Å². The molecule has 0 spiro atoms. The quantitative estimate of drug-likeness (QED) is 0.666. The summed E-state index contributed by atoms with van der Waals surface area (Å²) in [6, 6.07) is 8.71. The zero-order valence-corrected chi connectivity index (χ0v) is 13.5. The number of thiol groups is 1. The van der Waals surface area contributed by atoms with Gasteiger partial charge in [-0.2, -0.15) is 12.6 Å². The SMILES string of the molecule is O=C(O)C(CCS)N[C@@H]1C=CC=CN1C(=O)Cc1ccccc1. The van der Waals surface area contributed by atoms with Crippen molar-refractivity contribution in [1.82, 2.24) is 10.2 Å². The summed E-state index contributed by atoms with van der Waals surface area (Å²) in [5.41, 5.74) is 0.921. The maximum absolute atomic E-state index is 12.5. The van der Waals surface area contributed by atoms with Gasteiger partial charge in [0.2, 0.25) is 5.91 Å². The van der Waals surface area contributed by atoms with Crippen LogP contribution in [0.5, 0.6) is 0 Å². The van der Waals surface area contributed by atoms with E-state index in [-0.39, 0.29) is 12.3 Å². The first-order valence-electron chi connectivity index (χ1n) is 7.41. The highest BCUT2D eigenvalue weighted by molar-refractivity contribution is 7.80. The van der Waals surface area contributed by atoms with Gasteiger partial charge in [-0.25, -0.2) is 0 Å². The Labute approximate surface area is 141 Å². The molecule has 1 aromatic carbocycles. The average Bonchev–Trinajstić information content (AvgIpc) is 2.55. The Kier molecular flexibility index (Phi) is 6.43. The Morgan fingerprint density at radius 2 is 2.00 bits per heavy atom. The molecule has 0 fully saturated rings. The Morgan fingerprint density at radius 3 is 2.65 bits per heavy atom. The standard InChI is InChI=1S/C17H20N2O3S/c20-16(12-13-6-2-1-3-7-13)19-10-5-4-8-15(19)18-14(9-11-23)17(21)22/h1-8,10,14-15,18,23H,9,11-12H2,(H,21,22)/t14?,15-/m0/s1. The minimum absolute atomic E-state index is 0.0932. The summed E-state index contributed by atoms with van der Waals surface area (Å²) >= 11 is 4.09. The number of hydrogen-bond donors (Lipinski definition) is 3. The van der Waals surface area contributed by atoms with E-state index in [0.717, 1.165) is 5.56 Å². The van der Waals surface area contributed by atoms with E-state index in [1.165, 1.54) is 4.90 Å². The van der Waals surface area contributed by atoms with Gasteiger partial charge in [-0.3, -0.25) is 19.8 Å². The van der Waals surface area contributed by atoms with Crippen molar-refractivity contribution in [3.8, 4) is 0 Å². The molecular formula is C17H20N2O3S. The third-order valence-electron chi connectivity index (χ3n) is 3.52. The molecule has 0 aliphatic carbocycles. The minimum atomic E-state index is -0.947. The fraction of sp³-hybridized carbons (Fsp3) is 0.294. The summed E-state index contributed by atoms with van der Waals surface area (Å²) in [5.74, 6) is -0.587. The van der Waals surface area contributed by atoms with Crippen LogP contribution in [0.25, 0.3) is 0 Å². The van der Waals surface area contributed by atoms with Crippen LogP contribution in [0.1, 0.15) is 12.0 Å². The zero-order valence-electron chi connectivity index (χ0n) is 12.6. The molecule has 122 valence electrons. The number of carbonyl (C=O) groups excluding carboxylic acids is 1. The lowest BCUT2D eigenvalue weighted by Gasteiger charge is -2.31. The van der Waals surface area contributed by atoms with Gasteiger partial charge < -0.3 is 5.11 Å². The van der Waals surface area contributed by atoms with Crippen molar-refractivity contribution in [2.75, 3.05) is 5.75 Å². The third-order valence-corrected chi connectivity index (χ3v) is 3.78. The second-order valence-electron chi connectivity index (χ2n) is 5.20. The molecule has 1 aliphatic rings. The minimum Gasteiger partial charge on any atom is -0.480 e. The van der Waals surface area contributed by atoms with Gasteiger partial charge in [-0.05, 0) is 29.9 Å². The number of aliphatic carboxylic acids is 1. The van der Waals surface area contributed by atoms with Crippen LogP contribution in [-0.4, -0.2) is 39.8 Å². The van der Waals surface area contributed by atoms with E-state index < -0.39 is 18.2 Å². The fourth-order valence-corrected chi connectivity index (χ4v) is 2.60. The lowest BCUT2D eigenvalue weighted by atomic mass is 10.1. The predicted molar refractivity (Wildman–Crippen MR) is 92.1 cm³/mol. The van der Waals surface area contributed by atoms with Crippen LogP contribution in [0, 0.1) is 0 Å². The summed E-state index contributed by atoms with van der Waals surface area (Å²) in [5, 5.41) is 12.2. The number of benzene rings is 1. The van der Waals surface area contributed by atoms with Crippen molar-refractivity contribution in [2.45, 2.75) is 25.0 Å². The Bertz CT molecular complexity index is 601. The molecule has 6 heteroatoms. The Morgan fingerprint density at radius 1 is 1.26 bits per heavy atom. The highest BCUT2D eigenvalue weighted by Crippen LogP contribution is 2.12. The summed E-state index contributed by atoms with van der Waals surface area (Å²) in [6.07, 6.45) is 7.17. The van der Waals surface area contributed by atoms with Crippen LogP contribution >= 0.6 is 12.6 Å². The molecule has 0 radical (unpaired) electrons. The summed E-state index contributed by atoms with van der Waals surface area (Å²) < 4.78 is 0. The van der Waals surface area contributed by atoms with E-state index >= 15 is 0 Å². The van der Waals surface area contributed by atoms with Crippen LogP contribution in [0.4, 0.5) is 0 Å². The van der Waals surface area contributed by atoms with Crippen LogP contribution < -0.4 is 5.32 Å². The molecule has 1 aromatic rings. The van der Waals surface area contributed by atoms with E-state index in [1.54, 1.807) is 24.4 Å². The van der Waals surface area contributed by atoms with E-state index in [1.807, 2.05) is 30.3 Å². The summed E-state index contributed by atoms with van der Waals surface area (Å²) in [4.78, 5) is 25.3. The normalized spacial score (nSPS) is 18.0. The second-order valence-corrected chi connectivity index (χ2v) is 5.65. The monoisotopic (exact) mass is 332 g/mol. The number of amides is 1. The first-order valence-corrected chi connectivity index (χ1v) is 8.05. The van der Waals surface area contributed by atoms with Crippen LogP contribution in [-0.2, 0) is 16.0 Å². The summed E-state index contributed by atoms with van der Waals surface area (Å²) in [6.45, 7) is 0. The number of carboxylic acids is 1. The highest BCUT2D eigenvalue weighted by Gasteiger charge is 2.26. The maximum Gasteiger partial charge on any atom is 0.320 e. The first-order chi connectivity index (χ1) is 11.1. The van der Waals surface area contributed by atoms with Crippen molar-refractivity contribution in [3.63, 3.8) is 0 Å². The molecule has 2 atom stereocenters. The fourth-order valence-electron chi connectivity index (χ4n) is 2.35. The second kappa shape index (κ2) is 8.55. The molecule has 2 N–H and O–H groups in total. The van der Waals surface area contributed by atoms with Gasteiger partial charge in [-0.15, -0.1) is 0 Å². The molecule has 1 aliphatic heterocycles. The Balaban J connectivity index is 2.06. The largest absolute Gasteiger partial charge is 0.480 e. The van der Waals surface area contributed by atoms with Crippen LogP contribution in [0.3, 0.4) is 0 Å².